The fourth-order valence-corrected chi connectivity index (χ4v) is 2.92. The van der Waals surface area contributed by atoms with Gasteiger partial charge in [0.15, 0.2) is 0 Å². The van der Waals surface area contributed by atoms with Gasteiger partial charge in [-0.1, -0.05) is 52.0 Å². The van der Waals surface area contributed by atoms with E-state index < -0.39 is 0 Å². The number of hydrogen-bond acceptors (Lipinski definition) is 2. The number of aliphatic hydroxyl groups is 1. The average molecular weight is 261 g/mol. The standard InChI is InChI=1S/C17H27NO/c1-13-9-10-18(16(13)12-19)11-14-5-7-15(8-6-14)17(2,3)4/h5-8,13,16,19H,9-12H2,1-4H3. The maximum atomic E-state index is 9.49. The molecule has 0 amide bonds. The first-order valence-electron chi connectivity index (χ1n) is 7.36. The third-order valence-electron chi connectivity index (χ3n) is 4.39. The Bertz CT molecular complexity index is 404. The summed E-state index contributed by atoms with van der Waals surface area (Å²) in [5, 5.41) is 9.49. The lowest BCUT2D eigenvalue weighted by Gasteiger charge is -2.25. The molecule has 19 heavy (non-hydrogen) atoms. The molecule has 1 saturated heterocycles. The molecule has 0 saturated carbocycles. The summed E-state index contributed by atoms with van der Waals surface area (Å²) in [5.74, 6) is 0.610. The van der Waals surface area contributed by atoms with E-state index in [1.165, 1.54) is 17.5 Å². The Labute approximate surface area is 117 Å². The zero-order chi connectivity index (χ0) is 14.0. The van der Waals surface area contributed by atoms with Gasteiger partial charge in [0, 0.05) is 12.6 Å². The van der Waals surface area contributed by atoms with E-state index in [2.05, 4.69) is 56.9 Å². The van der Waals surface area contributed by atoms with Crippen LogP contribution in [0.5, 0.6) is 0 Å². The van der Waals surface area contributed by atoms with Crippen molar-refractivity contribution in [1.29, 1.82) is 0 Å². The smallest absolute Gasteiger partial charge is 0.0589 e. The molecule has 0 aliphatic carbocycles. The predicted molar refractivity (Wildman–Crippen MR) is 80.2 cm³/mol. The molecule has 0 bridgehead atoms. The van der Waals surface area contributed by atoms with Gasteiger partial charge in [-0.3, -0.25) is 4.90 Å². The summed E-state index contributed by atoms with van der Waals surface area (Å²) in [6, 6.07) is 9.28. The monoisotopic (exact) mass is 261 g/mol. The average Bonchev–Trinajstić information content (AvgIpc) is 2.69. The number of rotatable bonds is 3. The maximum absolute atomic E-state index is 9.49. The Morgan fingerprint density at radius 2 is 1.84 bits per heavy atom. The SMILES string of the molecule is CC1CCN(Cc2ccc(C(C)(C)C)cc2)C1CO. The fourth-order valence-electron chi connectivity index (χ4n) is 2.92. The zero-order valence-corrected chi connectivity index (χ0v) is 12.7. The van der Waals surface area contributed by atoms with Crippen molar-refractivity contribution in [1.82, 2.24) is 4.90 Å². The molecule has 1 aromatic rings. The summed E-state index contributed by atoms with van der Waals surface area (Å²) in [6.07, 6.45) is 1.20. The zero-order valence-electron chi connectivity index (χ0n) is 12.7. The highest BCUT2D eigenvalue weighted by molar-refractivity contribution is 5.27. The molecule has 0 spiro atoms. The first-order chi connectivity index (χ1) is 8.91. The first kappa shape index (κ1) is 14.5. The van der Waals surface area contributed by atoms with Crippen molar-refractivity contribution in [3.8, 4) is 0 Å². The molecule has 2 rings (SSSR count). The largest absolute Gasteiger partial charge is 0.395 e. The van der Waals surface area contributed by atoms with E-state index in [9.17, 15) is 5.11 Å². The molecule has 2 unspecified atom stereocenters. The molecular formula is C17H27NO. The van der Waals surface area contributed by atoms with E-state index in [4.69, 9.17) is 0 Å². The third-order valence-corrected chi connectivity index (χ3v) is 4.39. The topological polar surface area (TPSA) is 23.5 Å². The molecule has 1 heterocycles. The van der Waals surface area contributed by atoms with Gasteiger partial charge < -0.3 is 5.11 Å². The van der Waals surface area contributed by atoms with Gasteiger partial charge in [0.1, 0.15) is 0 Å². The van der Waals surface area contributed by atoms with Crippen molar-refractivity contribution in [2.24, 2.45) is 5.92 Å². The van der Waals surface area contributed by atoms with Crippen LogP contribution in [0.15, 0.2) is 24.3 Å². The normalized spacial score (nSPS) is 24.9. The summed E-state index contributed by atoms with van der Waals surface area (Å²) in [5.41, 5.74) is 2.94. The molecule has 1 fully saturated rings. The van der Waals surface area contributed by atoms with Crippen LogP contribution in [-0.4, -0.2) is 29.2 Å². The third kappa shape index (κ3) is 3.37. The maximum Gasteiger partial charge on any atom is 0.0589 e. The molecule has 1 aromatic carbocycles. The Morgan fingerprint density at radius 1 is 1.21 bits per heavy atom. The van der Waals surface area contributed by atoms with E-state index in [1.54, 1.807) is 0 Å². The van der Waals surface area contributed by atoms with Gasteiger partial charge in [0.2, 0.25) is 0 Å². The lowest BCUT2D eigenvalue weighted by Crippen LogP contribution is -2.34. The van der Waals surface area contributed by atoms with Crippen molar-refractivity contribution < 1.29 is 5.11 Å². The second-order valence-electron chi connectivity index (χ2n) is 6.93. The van der Waals surface area contributed by atoms with Crippen LogP contribution in [0.25, 0.3) is 0 Å². The van der Waals surface area contributed by atoms with Crippen LogP contribution in [0.3, 0.4) is 0 Å². The Morgan fingerprint density at radius 3 is 2.37 bits per heavy atom. The molecule has 0 radical (unpaired) electrons. The van der Waals surface area contributed by atoms with Crippen molar-refractivity contribution >= 4 is 0 Å². The second kappa shape index (κ2) is 5.64. The van der Waals surface area contributed by atoms with Crippen molar-refractivity contribution in [3.63, 3.8) is 0 Å². The van der Waals surface area contributed by atoms with E-state index in [0.717, 1.165) is 13.1 Å². The molecule has 0 aromatic heterocycles. The summed E-state index contributed by atoms with van der Waals surface area (Å²) in [7, 11) is 0. The van der Waals surface area contributed by atoms with Crippen LogP contribution in [0.2, 0.25) is 0 Å². The Kier molecular flexibility index (Phi) is 4.32. The minimum atomic E-state index is 0.217. The number of benzene rings is 1. The molecule has 1 N–H and O–H groups in total. The van der Waals surface area contributed by atoms with Crippen LogP contribution in [-0.2, 0) is 12.0 Å². The molecule has 2 nitrogen and oxygen atoms in total. The van der Waals surface area contributed by atoms with Crippen molar-refractivity contribution in [2.45, 2.75) is 52.1 Å². The van der Waals surface area contributed by atoms with Crippen LogP contribution in [0, 0.1) is 5.92 Å². The molecule has 1 aliphatic heterocycles. The highest BCUT2D eigenvalue weighted by atomic mass is 16.3. The summed E-state index contributed by atoms with van der Waals surface area (Å²) < 4.78 is 0. The van der Waals surface area contributed by atoms with Crippen LogP contribution < -0.4 is 0 Å². The van der Waals surface area contributed by atoms with Crippen molar-refractivity contribution in [2.75, 3.05) is 13.2 Å². The van der Waals surface area contributed by atoms with E-state index in [1.807, 2.05) is 0 Å². The van der Waals surface area contributed by atoms with Gasteiger partial charge in [-0.2, -0.15) is 0 Å². The first-order valence-corrected chi connectivity index (χ1v) is 7.36. The van der Waals surface area contributed by atoms with Gasteiger partial charge in [0.25, 0.3) is 0 Å². The molecular weight excluding hydrogens is 234 g/mol. The van der Waals surface area contributed by atoms with Crippen LogP contribution in [0.1, 0.15) is 45.2 Å². The lowest BCUT2D eigenvalue weighted by atomic mass is 9.87. The van der Waals surface area contributed by atoms with Gasteiger partial charge in [-0.25, -0.2) is 0 Å². The predicted octanol–water partition coefficient (Wildman–Crippen LogP) is 3.19. The van der Waals surface area contributed by atoms with Crippen LogP contribution in [0.4, 0.5) is 0 Å². The summed E-state index contributed by atoms with van der Waals surface area (Å²) >= 11 is 0. The summed E-state index contributed by atoms with van der Waals surface area (Å²) in [4.78, 5) is 2.41. The van der Waals surface area contributed by atoms with E-state index >= 15 is 0 Å². The van der Waals surface area contributed by atoms with Crippen LogP contribution >= 0.6 is 0 Å². The van der Waals surface area contributed by atoms with Gasteiger partial charge in [-0.15, -0.1) is 0 Å². The Hall–Kier alpha value is -0.860. The summed E-state index contributed by atoms with van der Waals surface area (Å²) in [6.45, 7) is 11.3. The van der Waals surface area contributed by atoms with E-state index in [0.29, 0.717) is 12.0 Å². The van der Waals surface area contributed by atoms with Gasteiger partial charge >= 0.3 is 0 Å². The quantitative estimate of drug-likeness (QED) is 0.903. The number of hydrogen-bond donors (Lipinski definition) is 1. The van der Waals surface area contributed by atoms with Crippen molar-refractivity contribution in [3.05, 3.63) is 35.4 Å². The number of nitrogens with zero attached hydrogens (tertiary/aromatic N) is 1. The highest BCUT2D eigenvalue weighted by Crippen LogP contribution is 2.26. The highest BCUT2D eigenvalue weighted by Gasteiger charge is 2.30. The molecule has 2 atom stereocenters. The fraction of sp³-hybridized carbons (Fsp3) is 0.647. The Balaban J connectivity index is 2.04. The molecule has 106 valence electrons. The minimum absolute atomic E-state index is 0.217. The number of likely N-dealkylation sites (tertiary alicyclic amines) is 1. The lowest BCUT2D eigenvalue weighted by molar-refractivity contribution is 0.134. The second-order valence-corrected chi connectivity index (χ2v) is 6.93. The minimum Gasteiger partial charge on any atom is -0.395 e. The van der Waals surface area contributed by atoms with E-state index in [-0.39, 0.29) is 12.0 Å². The van der Waals surface area contributed by atoms with Gasteiger partial charge in [0.05, 0.1) is 6.61 Å². The molecule has 1 aliphatic rings. The van der Waals surface area contributed by atoms with Gasteiger partial charge in [-0.05, 0) is 35.4 Å². The molecule has 2 heteroatoms. The number of aliphatic hydroxyl groups excluding tert-OH is 1.